The summed E-state index contributed by atoms with van der Waals surface area (Å²) in [5, 5.41) is 9.73. The van der Waals surface area contributed by atoms with Gasteiger partial charge in [-0.1, -0.05) is 26.7 Å². The van der Waals surface area contributed by atoms with Gasteiger partial charge in [0.25, 0.3) is 0 Å². The molecule has 0 aliphatic heterocycles. The molecule has 0 aromatic carbocycles. The van der Waals surface area contributed by atoms with Gasteiger partial charge in [0, 0.05) is 17.4 Å². The van der Waals surface area contributed by atoms with Crippen LogP contribution in [0.5, 0.6) is 0 Å². The van der Waals surface area contributed by atoms with E-state index in [0.717, 1.165) is 6.42 Å². The average molecular weight is 270 g/mol. The van der Waals surface area contributed by atoms with Crippen molar-refractivity contribution in [3.8, 4) is 6.07 Å². The number of aromatic nitrogens is 1. The van der Waals surface area contributed by atoms with E-state index in [1.54, 1.807) is 0 Å². The van der Waals surface area contributed by atoms with Crippen LogP contribution in [0.4, 0.5) is 0 Å². The zero-order chi connectivity index (χ0) is 14.7. The van der Waals surface area contributed by atoms with E-state index in [1.807, 2.05) is 0 Å². The summed E-state index contributed by atoms with van der Waals surface area (Å²) in [4.78, 5) is 0. The van der Waals surface area contributed by atoms with Gasteiger partial charge in [0.2, 0.25) is 0 Å². The molecule has 0 saturated heterocycles. The smallest absolute Gasteiger partial charge is 0.0822 e. The minimum atomic E-state index is -0.308. The second-order valence-electron chi connectivity index (χ2n) is 7.73. The summed E-state index contributed by atoms with van der Waals surface area (Å²) in [6.07, 6.45) is 6.27. The molecule has 2 aliphatic carbocycles. The van der Waals surface area contributed by atoms with Crippen LogP contribution in [0.1, 0.15) is 81.4 Å². The van der Waals surface area contributed by atoms with Gasteiger partial charge in [0.1, 0.15) is 0 Å². The van der Waals surface area contributed by atoms with Crippen molar-refractivity contribution in [2.24, 2.45) is 0 Å². The Morgan fingerprint density at radius 2 is 1.60 bits per heavy atom. The number of rotatable bonds is 1. The highest BCUT2D eigenvalue weighted by Crippen LogP contribution is 2.53. The van der Waals surface area contributed by atoms with Crippen molar-refractivity contribution in [1.82, 2.24) is 4.57 Å². The summed E-state index contributed by atoms with van der Waals surface area (Å²) in [6, 6.07) is 3.28. The van der Waals surface area contributed by atoms with Gasteiger partial charge in [0.05, 0.1) is 11.5 Å². The van der Waals surface area contributed by atoms with E-state index in [-0.39, 0.29) is 10.8 Å². The van der Waals surface area contributed by atoms with Gasteiger partial charge in [0.15, 0.2) is 0 Å². The maximum Gasteiger partial charge on any atom is 0.0822 e. The fraction of sp³-hybridized carbons (Fsp3) is 0.722. The molecule has 0 N–H and O–H groups in total. The Morgan fingerprint density at radius 1 is 1.05 bits per heavy atom. The molecule has 1 unspecified atom stereocenters. The highest BCUT2D eigenvalue weighted by molar-refractivity contribution is 5.55. The van der Waals surface area contributed by atoms with Crippen LogP contribution in [-0.2, 0) is 10.8 Å². The minimum absolute atomic E-state index is 0.124. The summed E-state index contributed by atoms with van der Waals surface area (Å²) < 4.78 is 2.56. The largest absolute Gasteiger partial charge is 0.346 e. The number of hydrogen-bond acceptors (Lipinski definition) is 1. The molecule has 108 valence electrons. The summed E-state index contributed by atoms with van der Waals surface area (Å²) >= 11 is 0. The Labute approximate surface area is 122 Å². The Morgan fingerprint density at radius 3 is 2.15 bits per heavy atom. The molecule has 1 aromatic rings. The van der Waals surface area contributed by atoms with Crippen molar-refractivity contribution in [2.75, 3.05) is 0 Å². The van der Waals surface area contributed by atoms with Gasteiger partial charge in [-0.3, -0.25) is 0 Å². The molecule has 20 heavy (non-hydrogen) atoms. The monoisotopic (exact) mass is 270 g/mol. The Bertz CT molecular complexity index is 594. The number of hydrogen-bond donors (Lipinski definition) is 0. The van der Waals surface area contributed by atoms with Crippen molar-refractivity contribution < 1.29 is 0 Å². The van der Waals surface area contributed by atoms with Gasteiger partial charge in [-0.25, -0.2) is 0 Å². The number of nitriles is 1. The van der Waals surface area contributed by atoms with Crippen molar-refractivity contribution >= 4 is 0 Å². The van der Waals surface area contributed by atoms with E-state index in [4.69, 9.17) is 0 Å². The normalized spacial score (nSPS) is 28.6. The van der Waals surface area contributed by atoms with Crippen LogP contribution in [0.15, 0.2) is 0 Å². The summed E-state index contributed by atoms with van der Waals surface area (Å²) in [5.74, 6) is 0. The van der Waals surface area contributed by atoms with Crippen LogP contribution >= 0.6 is 0 Å². The maximum absolute atomic E-state index is 9.73. The standard InChI is InChI=1S/C18H26N2/c1-12-15-16(18(5,11-19)10-17(15,3)4)13(2)20(12)14-8-6-7-9-14/h14H,6-10H2,1-5H3. The number of fused-ring (bicyclic) bond motifs is 1. The fourth-order valence-corrected chi connectivity index (χ4v) is 5.22. The van der Waals surface area contributed by atoms with E-state index in [1.165, 1.54) is 48.2 Å². The summed E-state index contributed by atoms with van der Waals surface area (Å²) in [5.41, 5.74) is 5.41. The van der Waals surface area contributed by atoms with Crippen molar-refractivity contribution in [3.63, 3.8) is 0 Å². The highest BCUT2D eigenvalue weighted by atomic mass is 15.0. The van der Waals surface area contributed by atoms with Crippen LogP contribution in [-0.4, -0.2) is 4.57 Å². The third-order valence-electron chi connectivity index (χ3n) is 5.66. The van der Waals surface area contributed by atoms with E-state index in [2.05, 4.69) is 45.3 Å². The van der Waals surface area contributed by atoms with E-state index >= 15 is 0 Å². The number of nitrogens with zero attached hydrogens (tertiary/aromatic N) is 2. The zero-order valence-electron chi connectivity index (χ0n) is 13.5. The summed E-state index contributed by atoms with van der Waals surface area (Å²) in [6.45, 7) is 11.3. The molecule has 2 nitrogen and oxygen atoms in total. The van der Waals surface area contributed by atoms with Gasteiger partial charge in [-0.05, 0) is 56.6 Å². The van der Waals surface area contributed by atoms with Crippen LogP contribution in [0.3, 0.4) is 0 Å². The SMILES string of the molecule is Cc1c2c(c(C)n1C1CCCC1)C(C)(C#N)CC2(C)C. The van der Waals surface area contributed by atoms with E-state index in [9.17, 15) is 5.26 Å². The second-order valence-corrected chi connectivity index (χ2v) is 7.73. The highest BCUT2D eigenvalue weighted by Gasteiger charge is 2.49. The second kappa shape index (κ2) is 4.13. The molecular weight excluding hydrogens is 244 g/mol. The Balaban J connectivity index is 2.25. The van der Waals surface area contributed by atoms with E-state index < -0.39 is 0 Å². The van der Waals surface area contributed by atoms with Crippen molar-refractivity contribution in [3.05, 3.63) is 22.5 Å². The van der Waals surface area contributed by atoms with Crippen LogP contribution in [0, 0.1) is 25.2 Å². The molecule has 3 rings (SSSR count). The molecule has 0 radical (unpaired) electrons. The molecule has 1 aromatic heterocycles. The van der Waals surface area contributed by atoms with Gasteiger partial charge >= 0.3 is 0 Å². The third kappa shape index (κ3) is 1.62. The zero-order valence-corrected chi connectivity index (χ0v) is 13.5. The molecule has 0 amide bonds. The van der Waals surface area contributed by atoms with Crippen LogP contribution in [0.25, 0.3) is 0 Å². The van der Waals surface area contributed by atoms with E-state index in [0.29, 0.717) is 6.04 Å². The van der Waals surface area contributed by atoms with Crippen molar-refractivity contribution in [1.29, 1.82) is 5.26 Å². The fourth-order valence-electron chi connectivity index (χ4n) is 5.22. The molecule has 1 heterocycles. The first-order valence-electron chi connectivity index (χ1n) is 7.95. The van der Waals surface area contributed by atoms with Gasteiger partial charge in [-0.2, -0.15) is 5.26 Å². The third-order valence-corrected chi connectivity index (χ3v) is 5.66. The Kier molecular flexibility index (Phi) is 2.84. The minimum Gasteiger partial charge on any atom is -0.346 e. The average Bonchev–Trinajstić information content (AvgIpc) is 2.99. The van der Waals surface area contributed by atoms with Crippen molar-refractivity contribution in [2.45, 2.75) is 83.6 Å². The molecule has 1 fully saturated rings. The molecule has 0 spiro atoms. The van der Waals surface area contributed by atoms with Crippen LogP contribution < -0.4 is 0 Å². The molecule has 0 bridgehead atoms. The molecule has 2 aliphatic rings. The molecule has 2 heteroatoms. The predicted molar refractivity (Wildman–Crippen MR) is 82.0 cm³/mol. The molecular formula is C18H26N2. The Hall–Kier alpha value is -1.23. The maximum atomic E-state index is 9.73. The quantitative estimate of drug-likeness (QED) is 0.728. The van der Waals surface area contributed by atoms with Gasteiger partial charge in [-0.15, -0.1) is 0 Å². The molecule has 1 saturated carbocycles. The first-order valence-corrected chi connectivity index (χ1v) is 7.95. The molecule has 1 atom stereocenters. The lowest BCUT2D eigenvalue weighted by Crippen LogP contribution is -2.23. The van der Waals surface area contributed by atoms with Crippen LogP contribution in [0.2, 0.25) is 0 Å². The predicted octanol–water partition coefficient (Wildman–Crippen LogP) is 4.68. The first-order chi connectivity index (χ1) is 9.32. The lowest BCUT2D eigenvalue weighted by Gasteiger charge is -2.26. The van der Waals surface area contributed by atoms with Gasteiger partial charge < -0.3 is 4.57 Å². The lowest BCUT2D eigenvalue weighted by molar-refractivity contribution is 0.421. The summed E-state index contributed by atoms with van der Waals surface area (Å²) in [7, 11) is 0. The first kappa shape index (κ1) is 13.7. The topological polar surface area (TPSA) is 28.7 Å². The lowest BCUT2D eigenvalue weighted by atomic mass is 9.80.